The molecule has 0 atom stereocenters. The summed E-state index contributed by atoms with van der Waals surface area (Å²) in [5.74, 6) is 0.232. The van der Waals surface area contributed by atoms with Crippen molar-refractivity contribution in [2.75, 3.05) is 13.2 Å². The first-order valence-corrected chi connectivity index (χ1v) is 12.2. The molecule has 1 aliphatic carbocycles. The van der Waals surface area contributed by atoms with Gasteiger partial charge in [-0.05, 0) is 66.1 Å². The fourth-order valence-electron chi connectivity index (χ4n) is 4.17. The van der Waals surface area contributed by atoms with Gasteiger partial charge in [-0.2, -0.15) is 0 Å². The van der Waals surface area contributed by atoms with Crippen molar-refractivity contribution in [1.29, 1.82) is 0 Å². The predicted molar refractivity (Wildman–Crippen MR) is 134 cm³/mol. The van der Waals surface area contributed by atoms with Crippen LogP contribution in [0, 0.1) is 0 Å². The number of carbonyl (C=O) groups excluding carboxylic acids is 1. The average molecular weight is 476 g/mol. The molecule has 0 saturated heterocycles. The molecule has 0 fully saturated rings. The Hall–Kier alpha value is -3.15. The van der Waals surface area contributed by atoms with Gasteiger partial charge in [0, 0.05) is 10.3 Å². The highest BCUT2D eigenvalue weighted by molar-refractivity contribution is 7.10. The van der Waals surface area contributed by atoms with E-state index in [-0.39, 0.29) is 19.2 Å². The summed E-state index contributed by atoms with van der Waals surface area (Å²) < 4.78 is 11.3. The fraction of sp³-hybridized carbons (Fsp3) is 0.185. The van der Waals surface area contributed by atoms with Crippen molar-refractivity contribution in [3.8, 4) is 5.75 Å². The van der Waals surface area contributed by atoms with Crippen LogP contribution in [0.25, 0.3) is 22.6 Å². The molecule has 2 aromatic heterocycles. The third kappa shape index (κ3) is 4.65. The van der Waals surface area contributed by atoms with Gasteiger partial charge >= 0.3 is 5.97 Å². The first kappa shape index (κ1) is 21.7. The number of fused-ring (bicyclic) bond motifs is 2. The maximum absolute atomic E-state index is 13.3. The van der Waals surface area contributed by atoms with Gasteiger partial charge < -0.3 is 9.47 Å². The van der Waals surface area contributed by atoms with Crippen LogP contribution in [0.5, 0.6) is 5.75 Å². The Labute approximate surface area is 201 Å². The maximum Gasteiger partial charge on any atom is 0.339 e. The number of hydrogen-bond donors (Lipinski definition) is 0. The standard InChI is InChI=1S/C27H22ClNO3S/c28-22-11-2-4-13-24(22)31-14-15-32-27(30)25-20-9-1-3-12-23(20)29-26-18(7-5-10-21(25)26)17-19-8-6-16-33-19/h1-4,6,8-9,11-13,16-17H,5,7,10,14-15H2. The zero-order valence-corrected chi connectivity index (χ0v) is 19.5. The minimum Gasteiger partial charge on any atom is -0.488 e. The number of halogens is 1. The van der Waals surface area contributed by atoms with Gasteiger partial charge in [-0.25, -0.2) is 9.78 Å². The smallest absolute Gasteiger partial charge is 0.339 e. The Morgan fingerprint density at radius 1 is 1.03 bits per heavy atom. The largest absolute Gasteiger partial charge is 0.488 e. The van der Waals surface area contributed by atoms with E-state index in [0.29, 0.717) is 16.3 Å². The van der Waals surface area contributed by atoms with Crippen LogP contribution in [0.4, 0.5) is 0 Å². The van der Waals surface area contributed by atoms with E-state index in [1.54, 1.807) is 23.5 Å². The number of thiophene rings is 1. The number of nitrogens with zero attached hydrogens (tertiary/aromatic N) is 1. The summed E-state index contributed by atoms with van der Waals surface area (Å²) >= 11 is 7.83. The Kier molecular flexibility index (Phi) is 6.42. The number of rotatable bonds is 6. The number of hydrogen-bond acceptors (Lipinski definition) is 5. The van der Waals surface area contributed by atoms with Gasteiger partial charge in [0.2, 0.25) is 0 Å². The molecular weight excluding hydrogens is 454 g/mol. The van der Waals surface area contributed by atoms with Crippen LogP contribution in [0.3, 0.4) is 0 Å². The second kappa shape index (κ2) is 9.77. The highest BCUT2D eigenvalue weighted by Crippen LogP contribution is 2.36. The van der Waals surface area contributed by atoms with E-state index in [9.17, 15) is 4.79 Å². The van der Waals surface area contributed by atoms with Crippen molar-refractivity contribution in [1.82, 2.24) is 4.98 Å². The molecule has 2 aromatic carbocycles. The summed E-state index contributed by atoms with van der Waals surface area (Å²) in [7, 11) is 0. The van der Waals surface area contributed by atoms with Crippen molar-refractivity contribution in [3.05, 3.63) is 92.8 Å². The predicted octanol–water partition coefficient (Wildman–Crippen LogP) is 7.06. The fourth-order valence-corrected chi connectivity index (χ4v) is 5.05. The van der Waals surface area contributed by atoms with E-state index in [0.717, 1.165) is 41.4 Å². The zero-order chi connectivity index (χ0) is 22.6. The minimum atomic E-state index is -0.343. The van der Waals surface area contributed by atoms with E-state index in [4.69, 9.17) is 26.1 Å². The normalized spacial score (nSPS) is 14.3. The molecule has 0 aliphatic heterocycles. The molecular formula is C27H22ClNO3S. The molecule has 1 aliphatic rings. The molecule has 6 heteroatoms. The summed E-state index contributed by atoms with van der Waals surface area (Å²) in [6, 6.07) is 19.2. The maximum atomic E-state index is 13.3. The Morgan fingerprint density at radius 3 is 2.73 bits per heavy atom. The van der Waals surface area contributed by atoms with E-state index < -0.39 is 0 Å². The SMILES string of the molecule is O=C(OCCOc1ccccc1Cl)c1c2c(nc3ccccc13)C(=Cc1cccs1)CCC2. The summed E-state index contributed by atoms with van der Waals surface area (Å²) in [6.45, 7) is 0.359. The highest BCUT2D eigenvalue weighted by atomic mass is 35.5. The number of pyridine rings is 1. The number of benzene rings is 2. The van der Waals surface area contributed by atoms with Crippen LogP contribution in [0.2, 0.25) is 5.02 Å². The molecule has 0 radical (unpaired) electrons. The second-order valence-electron chi connectivity index (χ2n) is 7.78. The topological polar surface area (TPSA) is 48.4 Å². The van der Waals surface area contributed by atoms with E-state index in [2.05, 4.69) is 17.5 Å². The summed E-state index contributed by atoms with van der Waals surface area (Å²) in [5, 5.41) is 3.42. The van der Waals surface area contributed by atoms with Crippen LogP contribution in [0.1, 0.15) is 39.3 Å². The number of para-hydroxylation sites is 2. The summed E-state index contributed by atoms with van der Waals surface area (Å²) in [6.07, 6.45) is 4.91. The van der Waals surface area contributed by atoms with Crippen molar-refractivity contribution in [3.63, 3.8) is 0 Å². The van der Waals surface area contributed by atoms with Gasteiger partial charge in [-0.3, -0.25) is 0 Å². The first-order chi connectivity index (χ1) is 16.2. The average Bonchev–Trinajstić information content (AvgIpc) is 3.35. The number of carbonyl (C=O) groups is 1. The van der Waals surface area contributed by atoms with Crippen LogP contribution in [0.15, 0.2) is 66.0 Å². The molecule has 2 heterocycles. The lowest BCUT2D eigenvalue weighted by atomic mass is 9.86. The first-order valence-electron chi connectivity index (χ1n) is 10.9. The van der Waals surface area contributed by atoms with Crippen LogP contribution < -0.4 is 4.74 Å². The van der Waals surface area contributed by atoms with Crippen molar-refractivity contribution in [2.45, 2.75) is 19.3 Å². The Balaban J connectivity index is 1.43. The number of esters is 1. The van der Waals surface area contributed by atoms with Gasteiger partial charge in [0.1, 0.15) is 19.0 Å². The lowest BCUT2D eigenvalue weighted by Crippen LogP contribution is -2.17. The van der Waals surface area contributed by atoms with Crippen molar-refractivity contribution >= 4 is 51.5 Å². The third-order valence-corrected chi connectivity index (χ3v) is 6.78. The van der Waals surface area contributed by atoms with Gasteiger partial charge in [0.25, 0.3) is 0 Å². The van der Waals surface area contributed by atoms with Gasteiger partial charge in [-0.1, -0.05) is 48.0 Å². The molecule has 0 saturated carbocycles. The Bertz CT molecular complexity index is 1330. The molecule has 166 valence electrons. The summed E-state index contributed by atoms with van der Waals surface area (Å²) in [5.41, 5.74) is 4.47. The Morgan fingerprint density at radius 2 is 1.88 bits per heavy atom. The molecule has 4 nitrogen and oxygen atoms in total. The minimum absolute atomic E-state index is 0.132. The van der Waals surface area contributed by atoms with E-state index >= 15 is 0 Å². The molecule has 33 heavy (non-hydrogen) atoms. The van der Waals surface area contributed by atoms with Crippen LogP contribution >= 0.6 is 22.9 Å². The monoisotopic (exact) mass is 475 g/mol. The number of aromatic nitrogens is 1. The molecule has 0 unspecified atom stereocenters. The van der Waals surface area contributed by atoms with Crippen molar-refractivity contribution in [2.24, 2.45) is 0 Å². The van der Waals surface area contributed by atoms with E-state index in [1.807, 2.05) is 42.5 Å². The summed E-state index contributed by atoms with van der Waals surface area (Å²) in [4.78, 5) is 19.4. The van der Waals surface area contributed by atoms with Crippen molar-refractivity contribution < 1.29 is 14.3 Å². The number of allylic oxidation sites excluding steroid dienone is 1. The van der Waals surface area contributed by atoms with Gasteiger partial charge in [0.05, 0.1) is 21.8 Å². The second-order valence-corrected chi connectivity index (χ2v) is 9.17. The quantitative estimate of drug-likeness (QED) is 0.221. The van der Waals surface area contributed by atoms with Gasteiger partial charge in [0.15, 0.2) is 0 Å². The molecule has 0 N–H and O–H groups in total. The lowest BCUT2D eigenvalue weighted by Gasteiger charge is -2.22. The third-order valence-electron chi connectivity index (χ3n) is 5.64. The molecule has 0 spiro atoms. The van der Waals surface area contributed by atoms with Crippen LogP contribution in [-0.2, 0) is 11.2 Å². The molecule has 0 bridgehead atoms. The zero-order valence-electron chi connectivity index (χ0n) is 17.9. The number of ether oxygens (including phenoxy) is 2. The van der Waals surface area contributed by atoms with Crippen LogP contribution in [-0.4, -0.2) is 24.2 Å². The molecule has 0 amide bonds. The molecule has 4 aromatic rings. The molecule has 5 rings (SSSR count). The van der Waals surface area contributed by atoms with Gasteiger partial charge in [-0.15, -0.1) is 11.3 Å². The van der Waals surface area contributed by atoms with E-state index in [1.165, 1.54) is 10.5 Å². The highest BCUT2D eigenvalue weighted by Gasteiger charge is 2.26. The lowest BCUT2D eigenvalue weighted by molar-refractivity contribution is 0.0451.